The van der Waals surface area contributed by atoms with Crippen LogP contribution in [0.25, 0.3) is 0 Å². The lowest BCUT2D eigenvalue weighted by Crippen LogP contribution is -2.20. The Hall–Kier alpha value is -2.56. The number of hydrogen-bond acceptors (Lipinski definition) is 3. The Morgan fingerprint density at radius 1 is 0.926 bits per heavy atom. The molecule has 0 fully saturated rings. The van der Waals surface area contributed by atoms with E-state index < -0.39 is 0 Å². The van der Waals surface area contributed by atoms with Gasteiger partial charge < -0.3 is 0 Å². The molecule has 27 heavy (non-hydrogen) atoms. The van der Waals surface area contributed by atoms with E-state index in [4.69, 9.17) is 11.6 Å². The lowest BCUT2D eigenvalue weighted by atomic mass is 10.0. The van der Waals surface area contributed by atoms with Crippen molar-refractivity contribution >= 4 is 35.5 Å². The number of rotatable bonds is 7. The Kier molecular flexibility index (Phi) is 7.08. The molecule has 0 aliphatic carbocycles. The van der Waals surface area contributed by atoms with Crippen LogP contribution in [0.3, 0.4) is 0 Å². The van der Waals surface area contributed by atoms with Crippen LogP contribution < -0.4 is 5.43 Å². The molecule has 1 N–H and O–H groups in total. The topological polar surface area (TPSA) is 41.5 Å². The van der Waals surface area contributed by atoms with Gasteiger partial charge in [0.2, 0.25) is 5.91 Å². The number of nitrogens with one attached hydrogen (secondary N) is 1. The summed E-state index contributed by atoms with van der Waals surface area (Å²) in [4.78, 5) is 12.2. The maximum absolute atomic E-state index is 12.2. The number of carbonyl (C=O) groups is 1. The van der Waals surface area contributed by atoms with E-state index in [0.29, 0.717) is 10.8 Å². The highest BCUT2D eigenvalue weighted by atomic mass is 35.5. The first kappa shape index (κ1) is 19.2. The summed E-state index contributed by atoms with van der Waals surface area (Å²) in [5.41, 5.74) is 5.67. The van der Waals surface area contributed by atoms with E-state index in [1.807, 2.05) is 54.6 Å². The molecule has 3 nitrogen and oxygen atoms in total. The van der Waals surface area contributed by atoms with Gasteiger partial charge in [-0.3, -0.25) is 4.79 Å². The lowest BCUT2D eigenvalue weighted by Gasteiger charge is -2.17. The number of benzene rings is 3. The minimum absolute atomic E-state index is 0.0886. The molecule has 3 aromatic carbocycles. The Labute approximate surface area is 168 Å². The fourth-order valence-corrected chi connectivity index (χ4v) is 3.85. The summed E-state index contributed by atoms with van der Waals surface area (Å²) in [5, 5.41) is 4.69. The SMILES string of the molecule is O=C(CSC(c1ccccc1)c1ccccc1)N/N=C/c1ccccc1Cl. The summed E-state index contributed by atoms with van der Waals surface area (Å²) in [6, 6.07) is 27.7. The molecule has 3 aromatic rings. The second-order valence-electron chi connectivity index (χ2n) is 5.83. The van der Waals surface area contributed by atoms with Crippen LogP contribution in [0.2, 0.25) is 5.02 Å². The van der Waals surface area contributed by atoms with Crippen LogP contribution in [0.15, 0.2) is 90.0 Å². The molecule has 0 aliphatic heterocycles. The maximum atomic E-state index is 12.2. The smallest absolute Gasteiger partial charge is 0.250 e. The molecule has 0 aliphatic rings. The van der Waals surface area contributed by atoms with Gasteiger partial charge >= 0.3 is 0 Å². The minimum Gasteiger partial charge on any atom is -0.272 e. The molecule has 0 unspecified atom stereocenters. The van der Waals surface area contributed by atoms with Gasteiger partial charge in [-0.2, -0.15) is 5.10 Å². The Balaban J connectivity index is 1.62. The number of carbonyl (C=O) groups excluding carboxylic acids is 1. The standard InChI is InChI=1S/C22H19ClN2OS/c23-20-14-8-7-13-19(20)15-24-25-21(26)16-27-22(17-9-3-1-4-10-17)18-11-5-2-6-12-18/h1-15,22H,16H2,(H,25,26)/b24-15+. The second-order valence-corrected chi connectivity index (χ2v) is 7.33. The zero-order valence-corrected chi connectivity index (χ0v) is 16.2. The molecule has 0 radical (unpaired) electrons. The molecule has 136 valence electrons. The van der Waals surface area contributed by atoms with Gasteiger partial charge in [-0.05, 0) is 17.2 Å². The summed E-state index contributed by atoms with van der Waals surface area (Å²) in [6.45, 7) is 0. The fourth-order valence-electron chi connectivity index (χ4n) is 2.59. The number of hydrogen-bond donors (Lipinski definition) is 1. The molecule has 5 heteroatoms. The first-order valence-corrected chi connectivity index (χ1v) is 9.94. The quantitative estimate of drug-likeness (QED) is 0.435. The molecule has 0 aromatic heterocycles. The van der Waals surface area contributed by atoms with Crippen molar-refractivity contribution in [2.45, 2.75) is 5.25 Å². The van der Waals surface area contributed by atoms with Gasteiger partial charge in [-0.1, -0.05) is 90.5 Å². The van der Waals surface area contributed by atoms with E-state index in [1.165, 1.54) is 11.1 Å². The van der Waals surface area contributed by atoms with Crippen LogP contribution in [0.5, 0.6) is 0 Å². The van der Waals surface area contributed by atoms with Crippen molar-refractivity contribution < 1.29 is 4.79 Å². The van der Waals surface area contributed by atoms with Gasteiger partial charge in [0.15, 0.2) is 0 Å². The van der Waals surface area contributed by atoms with Crippen LogP contribution >= 0.6 is 23.4 Å². The van der Waals surface area contributed by atoms with Crippen molar-refractivity contribution in [1.29, 1.82) is 0 Å². The number of halogens is 1. The molecule has 0 saturated carbocycles. The third kappa shape index (κ3) is 5.71. The normalized spacial score (nSPS) is 11.0. The highest BCUT2D eigenvalue weighted by molar-refractivity contribution is 8.00. The van der Waals surface area contributed by atoms with Crippen LogP contribution in [-0.4, -0.2) is 17.9 Å². The van der Waals surface area contributed by atoms with Gasteiger partial charge in [0.05, 0.1) is 17.2 Å². The first-order valence-electron chi connectivity index (χ1n) is 8.52. The molecule has 0 atom stereocenters. The number of amides is 1. The van der Waals surface area contributed by atoms with Gasteiger partial charge in [0.1, 0.15) is 0 Å². The van der Waals surface area contributed by atoms with Crippen molar-refractivity contribution in [1.82, 2.24) is 5.43 Å². The zero-order chi connectivity index (χ0) is 18.9. The predicted octanol–water partition coefficient (Wildman–Crippen LogP) is 5.31. The molecule has 3 rings (SSSR count). The molecule has 0 spiro atoms. The first-order chi connectivity index (χ1) is 13.2. The third-order valence-corrected chi connectivity index (χ3v) is 5.53. The molecule has 1 amide bonds. The van der Waals surface area contributed by atoms with Gasteiger partial charge in [0, 0.05) is 10.6 Å². The van der Waals surface area contributed by atoms with Crippen LogP contribution in [0.1, 0.15) is 21.9 Å². The fraction of sp³-hybridized carbons (Fsp3) is 0.0909. The lowest BCUT2D eigenvalue weighted by molar-refractivity contribution is -0.118. The molecule has 0 heterocycles. The van der Waals surface area contributed by atoms with Crippen molar-refractivity contribution in [2.24, 2.45) is 5.10 Å². The molecular weight excluding hydrogens is 376 g/mol. The second kappa shape index (κ2) is 9.95. The summed E-state index contributed by atoms with van der Waals surface area (Å²) in [6.07, 6.45) is 1.55. The van der Waals surface area contributed by atoms with E-state index in [0.717, 1.165) is 5.56 Å². The van der Waals surface area contributed by atoms with E-state index in [1.54, 1.807) is 24.0 Å². The van der Waals surface area contributed by atoms with Crippen LogP contribution in [0, 0.1) is 0 Å². The van der Waals surface area contributed by atoms with Gasteiger partial charge in [0.25, 0.3) is 0 Å². The maximum Gasteiger partial charge on any atom is 0.250 e. The number of thioether (sulfide) groups is 1. The highest BCUT2D eigenvalue weighted by Gasteiger charge is 2.16. The van der Waals surface area contributed by atoms with E-state index >= 15 is 0 Å². The van der Waals surface area contributed by atoms with Crippen molar-refractivity contribution in [2.75, 3.05) is 5.75 Å². The van der Waals surface area contributed by atoms with E-state index in [-0.39, 0.29) is 11.2 Å². The van der Waals surface area contributed by atoms with Gasteiger partial charge in [-0.25, -0.2) is 5.43 Å². The van der Waals surface area contributed by atoms with Crippen molar-refractivity contribution in [3.05, 3.63) is 107 Å². The monoisotopic (exact) mass is 394 g/mol. The Bertz CT molecular complexity index is 861. The number of hydrazone groups is 1. The minimum atomic E-state index is -0.153. The average Bonchev–Trinajstić information content (AvgIpc) is 2.71. The largest absolute Gasteiger partial charge is 0.272 e. The van der Waals surface area contributed by atoms with E-state index in [2.05, 4.69) is 34.8 Å². The van der Waals surface area contributed by atoms with Crippen LogP contribution in [-0.2, 0) is 4.79 Å². The zero-order valence-electron chi connectivity index (χ0n) is 14.6. The summed E-state index contributed by atoms with van der Waals surface area (Å²) < 4.78 is 0. The Morgan fingerprint density at radius 3 is 2.07 bits per heavy atom. The van der Waals surface area contributed by atoms with Crippen molar-refractivity contribution in [3.8, 4) is 0 Å². The third-order valence-electron chi connectivity index (χ3n) is 3.88. The van der Waals surface area contributed by atoms with E-state index in [9.17, 15) is 4.79 Å². The molecule has 0 saturated heterocycles. The van der Waals surface area contributed by atoms with Gasteiger partial charge in [-0.15, -0.1) is 11.8 Å². The molecular formula is C22H19ClN2OS. The Morgan fingerprint density at radius 2 is 1.48 bits per heavy atom. The van der Waals surface area contributed by atoms with Crippen LogP contribution in [0.4, 0.5) is 0 Å². The average molecular weight is 395 g/mol. The highest BCUT2D eigenvalue weighted by Crippen LogP contribution is 2.35. The van der Waals surface area contributed by atoms with Crippen molar-refractivity contribution in [3.63, 3.8) is 0 Å². The number of nitrogens with zero attached hydrogens (tertiary/aromatic N) is 1. The molecule has 0 bridgehead atoms. The predicted molar refractivity (Wildman–Crippen MR) is 114 cm³/mol. The summed E-state index contributed by atoms with van der Waals surface area (Å²) >= 11 is 7.64. The summed E-state index contributed by atoms with van der Waals surface area (Å²) in [7, 11) is 0. The summed E-state index contributed by atoms with van der Waals surface area (Å²) in [5.74, 6) is 0.147.